The predicted molar refractivity (Wildman–Crippen MR) is 72.4 cm³/mol. The topological polar surface area (TPSA) is 18.5 Å². The lowest BCUT2D eigenvalue weighted by molar-refractivity contribution is -0.153. The van der Waals surface area contributed by atoms with Gasteiger partial charge in [-0.2, -0.15) is 0 Å². The van der Waals surface area contributed by atoms with Gasteiger partial charge in [-0.25, -0.2) is 0 Å². The molecule has 3 rings (SSSR count). The van der Waals surface area contributed by atoms with Crippen LogP contribution < -0.4 is 0 Å². The first-order chi connectivity index (χ1) is 8.22. The Labute approximate surface area is 108 Å². The molecule has 0 N–H and O–H groups in total. The zero-order valence-electron chi connectivity index (χ0n) is 11.3. The van der Waals surface area contributed by atoms with E-state index in [1.54, 1.807) is 0 Å². The van der Waals surface area contributed by atoms with Gasteiger partial charge < -0.3 is 9.47 Å². The van der Waals surface area contributed by atoms with Crippen molar-refractivity contribution in [2.24, 2.45) is 23.2 Å². The lowest BCUT2D eigenvalue weighted by atomic mass is 9.84. The normalized spacial score (nSPS) is 42.9. The van der Waals surface area contributed by atoms with Gasteiger partial charge in [0.05, 0.1) is 19.8 Å². The van der Waals surface area contributed by atoms with E-state index in [9.17, 15) is 0 Å². The monoisotopic (exact) mass is 254 g/mol. The molecule has 98 valence electrons. The van der Waals surface area contributed by atoms with Crippen LogP contribution in [0.3, 0.4) is 0 Å². The van der Waals surface area contributed by atoms with Gasteiger partial charge in [0.25, 0.3) is 0 Å². The van der Waals surface area contributed by atoms with Gasteiger partial charge in [0.15, 0.2) is 0 Å². The van der Waals surface area contributed by atoms with Crippen LogP contribution in [0.15, 0.2) is 0 Å². The Morgan fingerprint density at radius 2 is 2.06 bits per heavy atom. The summed E-state index contributed by atoms with van der Waals surface area (Å²) in [4.78, 5) is 0. The third-order valence-electron chi connectivity index (χ3n) is 5.66. The number of ether oxygens (including phenoxy) is 2. The van der Waals surface area contributed by atoms with E-state index in [2.05, 4.69) is 6.92 Å². The maximum Gasteiger partial charge on any atom is 0.0566 e. The van der Waals surface area contributed by atoms with Crippen molar-refractivity contribution in [1.82, 2.24) is 0 Å². The van der Waals surface area contributed by atoms with Gasteiger partial charge in [0.1, 0.15) is 0 Å². The molecule has 3 aliphatic rings. The average molecular weight is 254 g/mol. The molecule has 3 heteroatoms. The highest BCUT2D eigenvalue weighted by atomic mass is 28.1. The van der Waals surface area contributed by atoms with Gasteiger partial charge in [-0.3, -0.25) is 0 Å². The van der Waals surface area contributed by atoms with E-state index in [1.165, 1.54) is 35.9 Å². The molecule has 17 heavy (non-hydrogen) atoms. The first kappa shape index (κ1) is 12.2. The lowest BCUT2D eigenvalue weighted by Crippen LogP contribution is -2.46. The molecular formula is C14H26O2Si. The van der Waals surface area contributed by atoms with Crippen LogP contribution in [0.2, 0.25) is 5.54 Å². The minimum absolute atomic E-state index is 0.373. The molecule has 2 nitrogen and oxygen atoms in total. The summed E-state index contributed by atoms with van der Waals surface area (Å²) in [5.41, 5.74) is 1.50. The van der Waals surface area contributed by atoms with Crippen molar-refractivity contribution in [2.75, 3.05) is 26.4 Å². The van der Waals surface area contributed by atoms with Crippen LogP contribution in [0.5, 0.6) is 0 Å². The molecule has 0 radical (unpaired) electrons. The van der Waals surface area contributed by atoms with E-state index >= 15 is 0 Å². The third-order valence-corrected chi connectivity index (χ3v) is 7.08. The van der Waals surface area contributed by atoms with Gasteiger partial charge in [0, 0.05) is 22.3 Å². The quantitative estimate of drug-likeness (QED) is 0.694. The Balaban J connectivity index is 1.41. The molecule has 1 aliphatic heterocycles. The molecule has 0 spiro atoms. The zero-order chi connectivity index (χ0) is 11.9. The van der Waals surface area contributed by atoms with E-state index in [0.717, 1.165) is 49.7 Å². The Morgan fingerprint density at radius 1 is 1.24 bits per heavy atom. The van der Waals surface area contributed by atoms with Crippen LogP contribution in [0.1, 0.15) is 32.6 Å². The SMILES string of the molecule is CCC1(COCC2CC3CC2CC3[SiH3])COC1. The van der Waals surface area contributed by atoms with E-state index in [4.69, 9.17) is 9.47 Å². The number of rotatable bonds is 5. The molecule has 1 saturated heterocycles. The minimum atomic E-state index is 0.373. The van der Waals surface area contributed by atoms with Gasteiger partial charge in [-0.15, -0.1) is 0 Å². The first-order valence-corrected chi connectivity index (χ1v) is 8.53. The van der Waals surface area contributed by atoms with Crippen molar-refractivity contribution in [2.45, 2.75) is 38.1 Å². The second kappa shape index (κ2) is 4.67. The highest BCUT2D eigenvalue weighted by molar-refractivity contribution is 6.12. The summed E-state index contributed by atoms with van der Waals surface area (Å²) in [6, 6.07) is 0. The molecule has 0 aromatic rings. The Bertz CT molecular complexity index is 270. The molecule has 1 heterocycles. The molecule has 4 unspecified atom stereocenters. The van der Waals surface area contributed by atoms with Crippen molar-refractivity contribution < 1.29 is 9.47 Å². The van der Waals surface area contributed by atoms with E-state index in [-0.39, 0.29) is 0 Å². The van der Waals surface area contributed by atoms with Crippen molar-refractivity contribution in [3.63, 3.8) is 0 Å². The van der Waals surface area contributed by atoms with Crippen LogP contribution in [0, 0.1) is 23.2 Å². The number of fused-ring (bicyclic) bond motifs is 2. The third kappa shape index (κ3) is 2.22. The van der Waals surface area contributed by atoms with Crippen molar-refractivity contribution in [1.29, 1.82) is 0 Å². The summed E-state index contributed by atoms with van der Waals surface area (Å²) in [6.07, 6.45) is 5.71. The van der Waals surface area contributed by atoms with Crippen LogP contribution >= 0.6 is 0 Å². The zero-order valence-corrected chi connectivity index (χ0v) is 13.3. The number of hydrogen-bond donors (Lipinski definition) is 0. The van der Waals surface area contributed by atoms with Crippen LogP contribution in [0.25, 0.3) is 0 Å². The van der Waals surface area contributed by atoms with Crippen molar-refractivity contribution >= 4 is 10.2 Å². The second-order valence-electron chi connectivity index (χ2n) is 6.83. The summed E-state index contributed by atoms with van der Waals surface area (Å²) in [5, 5.41) is 0. The van der Waals surface area contributed by atoms with E-state index in [0.29, 0.717) is 5.41 Å². The highest BCUT2D eigenvalue weighted by Gasteiger charge is 2.44. The maximum atomic E-state index is 6.03. The van der Waals surface area contributed by atoms with Crippen LogP contribution in [-0.4, -0.2) is 36.7 Å². The lowest BCUT2D eigenvalue weighted by Gasteiger charge is -2.40. The molecule has 2 bridgehead atoms. The number of hydrogen-bond acceptors (Lipinski definition) is 2. The summed E-state index contributed by atoms with van der Waals surface area (Å²) in [7, 11) is 1.42. The smallest absolute Gasteiger partial charge is 0.0566 e. The highest BCUT2D eigenvalue weighted by Crippen LogP contribution is 2.53. The maximum absolute atomic E-state index is 6.03. The standard InChI is InChI=1S/C14H26O2Si/c1-2-14(8-16-9-14)7-15-6-12-4-11-3-10(12)5-13(11)17/h10-13H,2-9H2,1,17H3. The fourth-order valence-electron chi connectivity index (χ4n) is 4.09. The fraction of sp³-hybridized carbons (Fsp3) is 1.00. The van der Waals surface area contributed by atoms with E-state index < -0.39 is 0 Å². The van der Waals surface area contributed by atoms with Crippen LogP contribution in [-0.2, 0) is 9.47 Å². The summed E-state index contributed by atoms with van der Waals surface area (Å²) >= 11 is 0. The molecule has 0 aromatic heterocycles. The van der Waals surface area contributed by atoms with Gasteiger partial charge in [-0.05, 0) is 37.0 Å². The van der Waals surface area contributed by atoms with E-state index in [1.807, 2.05) is 0 Å². The minimum Gasteiger partial charge on any atom is -0.380 e. The Kier molecular flexibility index (Phi) is 3.35. The predicted octanol–water partition coefficient (Wildman–Crippen LogP) is 1.63. The summed E-state index contributed by atoms with van der Waals surface area (Å²) in [6.45, 7) is 6.06. The average Bonchev–Trinajstić information content (AvgIpc) is 2.81. The van der Waals surface area contributed by atoms with Crippen LogP contribution in [0.4, 0.5) is 0 Å². The molecule has 2 saturated carbocycles. The molecule has 3 fully saturated rings. The van der Waals surface area contributed by atoms with Crippen molar-refractivity contribution in [3.8, 4) is 0 Å². The first-order valence-electron chi connectivity index (χ1n) is 7.38. The van der Waals surface area contributed by atoms with Gasteiger partial charge >= 0.3 is 0 Å². The fourth-order valence-corrected chi connectivity index (χ4v) is 5.24. The van der Waals surface area contributed by atoms with Gasteiger partial charge in [-0.1, -0.05) is 18.9 Å². The van der Waals surface area contributed by atoms with Gasteiger partial charge in [0.2, 0.25) is 0 Å². The molecular weight excluding hydrogens is 228 g/mol. The molecule has 4 atom stereocenters. The Morgan fingerprint density at radius 3 is 2.53 bits per heavy atom. The molecule has 0 aromatic carbocycles. The Hall–Kier alpha value is 0.137. The largest absolute Gasteiger partial charge is 0.380 e. The van der Waals surface area contributed by atoms with Crippen molar-refractivity contribution in [3.05, 3.63) is 0 Å². The summed E-state index contributed by atoms with van der Waals surface area (Å²) in [5.74, 6) is 2.98. The molecule has 0 amide bonds. The second-order valence-corrected chi connectivity index (χ2v) is 8.31. The summed E-state index contributed by atoms with van der Waals surface area (Å²) < 4.78 is 11.4. The molecule has 2 aliphatic carbocycles.